The summed E-state index contributed by atoms with van der Waals surface area (Å²) >= 11 is 1.02. The van der Waals surface area contributed by atoms with Gasteiger partial charge in [0.05, 0.1) is 11.0 Å². The molecule has 1 aromatic rings. The van der Waals surface area contributed by atoms with Gasteiger partial charge in [-0.2, -0.15) is 13.2 Å². The summed E-state index contributed by atoms with van der Waals surface area (Å²) < 4.78 is 38.0. The zero-order chi connectivity index (χ0) is 17.2. The molecule has 4 nitrogen and oxygen atoms in total. The third-order valence-electron chi connectivity index (χ3n) is 4.44. The Bertz CT molecular complexity index is 552. The minimum absolute atomic E-state index is 0. The first-order valence-corrected chi connectivity index (χ1v) is 8.69. The van der Waals surface area contributed by atoms with Crippen LogP contribution in [0, 0.1) is 5.92 Å². The van der Waals surface area contributed by atoms with Crippen molar-refractivity contribution in [2.75, 3.05) is 13.1 Å². The molecule has 138 valence electrons. The summed E-state index contributed by atoms with van der Waals surface area (Å²) in [5.41, 5.74) is 5.14. The van der Waals surface area contributed by atoms with E-state index in [0.29, 0.717) is 18.1 Å². The summed E-state index contributed by atoms with van der Waals surface area (Å²) in [6, 6.07) is -0.555. The van der Waals surface area contributed by atoms with Gasteiger partial charge in [0, 0.05) is 24.4 Å². The van der Waals surface area contributed by atoms with Crippen LogP contribution in [0.5, 0.6) is 0 Å². The Morgan fingerprint density at radius 3 is 2.75 bits per heavy atom. The molecule has 3 unspecified atom stereocenters. The average molecular weight is 386 g/mol. The lowest BCUT2D eigenvalue weighted by Crippen LogP contribution is -2.50. The average Bonchev–Trinajstić information content (AvgIpc) is 3.03. The number of carbonyl (C=O) groups excluding carboxylic acids is 1. The molecule has 2 heterocycles. The molecule has 1 aliphatic heterocycles. The first kappa shape index (κ1) is 21.2. The van der Waals surface area contributed by atoms with Crippen LogP contribution in [0.2, 0.25) is 0 Å². The second-order valence-corrected chi connectivity index (χ2v) is 6.99. The Morgan fingerprint density at radius 2 is 2.21 bits per heavy atom. The van der Waals surface area contributed by atoms with Crippen LogP contribution in [-0.2, 0) is 11.0 Å². The highest BCUT2D eigenvalue weighted by molar-refractivity contribution is 7.09. The van der Waals surface area contributed by atoms with Crippen LogP contribution in [0.4, 0.5) is 13.2 Å². The zero-order valence-corrected chi connectivity index (χ0v) is 15.3. The predicted octanol–water partition coefficient (Wildman–Crippen LogP) is 3.66. The Labute approximate surface area is 150 Å². The van der Waals surface area contributed by atoms with Gasteiger partial charge in [0.2, 0.25) is 5.91 Å². The molecule has 0 saturated carbocycles. The van der Waals surface area contributed by atoms with Gasteiger partial charge in [-0.3, -0.25) is 4.79 Å². The van der Waals surface area contributed by atoms with E-state index in [1.165, 1.54) is 0 Å². The van der Waals surface area contributed by atoms with E-state index < -0.39 is 17.9 Å². The molecule has 2 rings (SSSR count). The first-order valence-electron chi connectivity index (χ1n) is 7.81. The van der Waals surface area contributed by atoms with Crippen molar-refractivity contribution in [1.29, 1.82) is 0 Å². The topological polar surface area (TPSA) is 59.2 Å². The minimum Gasteiger partial charge on any atom is -0.341 e. The van der Waals surface area contributed by atoms with Crippen LogP contribution < -0.4 is 5.73 Å². The van der Waals surface area contributed by atoms with Crippen LogP contribution in [0.25, 0.3) is 0 Å². The highest BCUT2D eigenvalue weighted by atomic mass is 35.5. The number of carbonyl (C=O) groups is 1. The number of amides is 1. The van der Waals surface area contributed by atoms with Crippen molar-refractivity contribution in [3.8, 4) is 0 Å². The van der Waals surface area contributed by atoms with Gasteiger partial charge in [0.1, 0.15) is 0 Å². The van der Waals surface area contributed by atoms with Gasteiger partial charge in [-0.1, -0.05) is 20.3 Å². The van der Waals surface area contributed by atoms with E-state index in [-0.39, 0.29) is 30.2 Å². The van der Waals surface area contributed by atoms with Crippen LogP contribution >= 0.6 is 23.7 Å². The van der Waals surface area contributed by atoms with E-state index in [2.05, 4.69) is 4.98 Å². The lowest BCUT2D eigenvalue weighted by atomic mass is 9.95. The van der Waals surface area contributed by atoms with E-state index in [1.807, 2.05) is 13.8 Å². The van der Waals surface area contributed by atoms with Gasteiger partial charge < -0.3 is 10.6 Å². The molecule has 9 heteroatoms. The Balaban J connectivity index is 0.00000288. The molecule has 0 aliphatic carbocycles. The van der Waals surface area contributed by atoms with Crippen molar-refractivity contribution < 1.29 is 18.0 Å². The van der Waals surface area contributed by atoms with Crippen molar-refractivity contribution in [2.24, 2.45) is 11.7 Å². The summed E-state index contributed by atoms with van der Waals surface area (Å²) in [6.45, 7) is 4.91. The summed E-state index contributed by atoms with van der Waals surface area (Å²) in [5.74, 6) is -0.172. The zero-order valence-electron chi connectivity index (χ0n) is 13.7. The van der Waals surface area contributed by atoms with Crippen LogP contribution in [0.15, 0.2) is 5.38 Å². The number of rotatable bonds is 4. The fourth-order valence-electron chi connectivity index (χ4n) is 2.69. The van der Waals surface area contributed by atoms with Crippen molar-refractivity contribution in [2.45, 2.75) is 51.2 Å². The van der Waals surface area contributed by atoms with Crippen LogP contribution in [-0.4, -0.2) is 34.9 Å². The summed E-state index contributed by atoms with van der Waals surface area (Å²) in [5, 5.41) is 1.49. The smallest absolute Gasteiger partial charge is 0.341 e. The predicted molar refractivity (Wildman–Crippen MR) is 90.3 cm³/mol. The Hall–Kier alpha value is -0.860. The standard InChI is InChI=1S/C15H22F3N3OS.ClH/c1-3-9(2)12(19)14(22)21-6-4-5-10(7-21)13-20-11(8-23-13)15(16,17)18;/h8-10,12H,3-7,19H2,1-2H3;1H. The van der Waals surface area contributed by atoms with E-state index in [1.54, 1.807) is 4.90 Å². The van der Waals surface area contributed by atoms with E-state index in [9.17, 15) is 18.0 Å². The van der Waals surface area contributed by atoms with Gasteiger partial charge in [-0.15, -0.1) is 23.7 Å². The van der Waals surface area contributed by atoms with Gasteiger partial charge >= 0.3 is 6.18 Å². The molecule has 0 aromatic carbocycles. The Kier molecular flexibility index (Phi) is 7.49. The number of nitrogens with zero attached hydrogens (tertiary/aromatic N) is 2. The summed E-state index contributed by atoms with van der Waals surface area (Å²) in [7, 11) is 0. The van der Waals surface area contributed by atoms with Crippen molar-refractivity contribution in [3.05, 3.63) is 16.1 Å². The monoisotopic (exact) mass is 385 g/mol. The van der Waals surface area contributed by atoms with E-state index >= 15 is 0 Å². The number of aromatic nitrogens is 1. The van der Waals surface area contributed by atoms with Crippen molar-refractivity contribution >= 4 is 29.7 Å². The number of nitrogens with two attached hydrogens (primary N) is 1. The highest BCUT2D eigenvalue weighted by Crippen LogP contribution is 2.35. The van der Waals surface area contributed by atoms with Gasteiger partial charge in [0.25, 0.3) is 0 Å². The van der Waals surface area contributed by atoms with Gasteiger partial charge in [-0.05, 0) is 18.8 Å². The number of alkyl halides is 3. The van der Waals surface area contributed by atoms with Crippen molar-refractivity contribution in [1.82, 2.24) is 9.88 Å². The molecule has 1 saturated heterocycles. The summed E-state index contributed by atoms with van der Waals surface area (Å²) in [4.78, 5) is 17.8. The molecule has 1 aromatic heterocycles. The largest absolute Gasteiger partial charge is 0.434 e. The maximum atomic E-state index is 12.7. The molecule has 1 aliphatic rings. The quantitative estimate of drug-likeness (QED) is 0.860. The highest BCUT2D eigenvalue weighted by Gasteiger charge is 2.36. The maximum Gasteiger partial charge on any atom is 0.434 e. The molecule has 1 fully saturated rings. The summed E-state index contributed by atoms with van der Waals surface area (Å²) in [6.07, 6.45) is -2.11. The maximum absolute atomic E-state index is 12.7. The third kappa shape index (κ3) is 4.83. The molecule has 0 radical (unpaired) electrons. The molecular weight excluding hydrogens is 363 g/mol. The number of piperidine rings is 1. The van der Waals surface area contributed by atoms with Gasteiger partial charge in [0.15, 0.2) is 5.69 Å². The second-order valence-electron chi connectivity index (χ2n) is 6.10. The number of hydrogen-bond acceptors (Lipinski definition) is 4. The number of likely N-dealkylation sites (tertiary alicyclic amines) is 1. The SMILES string of the molecule is CCC(C)C(N)C(=O)N1CCCC(c2nc(C(F)(F)F)cs2)C1.Cl. The molecule has 2 N–H and O–H groups in total. The normalized spacial score (nSPS) is 21.1. The number of halogens is 4. The van der Waals surface area contributed by atoms with E-state index in [0.717, 1.165) is 36.0 Å². The lowest BCUT2D eigenvalue weighted by Gasteiger charge is -2.34. The molecule has 24 heavy (non-hydrogen) atoms. The first-order chi connectivity index (χ1) is 10.7. The fourth-order valence-corrected chi connectivity index (χ4v) is 3.65. The molecule has 3 atom stereocenters. The fraction of sp³-hybridized carbons (Fsp3) is 0.733. The second kappa shape index (κ2) is 8.49. The van der Waals surface area contributed by atoms with Gasteiger partial charge in [-0.25, -0.2) is 4.98 Å². The van der Waals surface area contributed by atoms with Crippen molar-refractivity contribution in [3.63, 3.8) is 0 Å². The molecule has 1 amide bonds. The lowest BCUT2D eigenvalue weighted by molar-refractivity contribution is -0.141. The minimum atomic E-state index is -4.42. The molecule has 0 spiro atoms. The third-order valence-corrected chi connectivity index (χ3v) is 5.44. The molecular formula is C15H23ClF3N3OS. The van der Waals surface area contributed by atoms with E-state index in [4.69, 9.17) is 5.73 Å². The molecule has 0 bridgehead atoms. The van der Waals surface area contributed by atoms with Crippen LogP contribution in [0.3, 0.4) is 0 Å². The number of hydrogen-bond donors (Lipinski definition) is 1. The van der Waals surface area contributed by atoms with Crippen LogP contribution in [0.1, 0.15) is 49.7 Å². The Morgan fingerprint density at radius 1 is 1.54 bits per heavy atom. The number of thiazole rings is 1.